The lowest BCUT2D eigenvalue weighted by Gasteiger charge is -2.21. The number of carbonyl (C=O) groups is 1. The summed E-state index contributed by atoms with van der Waals surface area (Å²) < 4.78 is 14.5. The molecule has 1 aromatic rings. The summed E-state index contributed by atoms with van der Waals surface area (Å²) in [7, 11) is 1.89. The minimum Gasteiger partial charge on any atom is -0.303 e. The van der Waals surface area contributed by atoms with E-state index in [9.17, 15) is 9.18 Å². The number of aldehydes is 1. The van der Waals surface area contributed by atoms with Crippen LogP contribution in [0.15, 0.2) is 24.3 Å². The van der Waals surface area contributed by atoms with Crippen molar-refractivity contribution in [3.05, 3.63) is 35.4 Å². The van der Waals surface area contributed by atoms with Crippen LogP contribution in [0.4, 0.5) is 4.39 Å². The third kappa shape index (κ3) is 1.79. The maximum atomic E-state index is 14.5. The van der Waals surface area contributed by atoms with Gasteiger partial charge in [0.05, 0.1) is 0 Å². The molecule has 1 unspecified atom stereocenters. The Morgan fingerprint density at radius 2 is 2.20 bits per heavy atom. The Kier molecular flexibility index (Phi) is 2.57. The summed E-state index contributed by atoms with van der Waals surface area (Å²) in [5.74, 6) is 0. The Hall–Kier alpha value is -1.22. The van der Waals surface area contributed by atoms with E-state index in [1.807, 2.05) is 11.9 Å². The number of carbonyl (C=O) groups excluding carboxylic acids is 1. The summed E-state index contributed by atoms with van der Waals surface area (Å²) >= 11 is 0. The van der Waals surface area contributed by atoms with Crippen LogP contribution in [0.2, 0.25) is 0 Å². The van der Waals surface area contributed by atoms with Crippen molar-refractivity contribution in [3.8, 4) is 0 Å². The zero-order valence-corrected chi connectivity index (χ0v) is 8.74. The molecule has 1 aromatic carbocycles. The number of hydrogen-bond acceptors (Lipinski definition) is 2. The quantitative estimate of drug-likeness (QED) is 0.691. The van der Waals surface area contributed by atoms with Crippen LogP contribution in [-0.2, 0) is 5.67 Å². The van der Waals surface area contributed by atoms with Crippen LogP contribution in [0, 0.1) is 0 Å². The van der Waals surface area contributed by atoms with Gasteiger partial charge < -0.3 is 4.90 Å². The predicted molar refractivity (Wildman–Crippen MR) is 56.7 cm³/mol. The van der Waals surface area contributed by atoms with E-state index in [0.29, 0.717) is 24.1 Å². The maximum Gasteiger partial charge on any atom is 0.150 e. The summed E-state index contributed by atoms with van der Waals surface area (Å²) in [6.45, 7) is 1.11. The molecule has 1 atom stereocenters. The molecule has 0 amide bonds. The fraction of sp³-hybridized carbons (Fsp3) is 0.417. The molecule has 1 heterocycles. The molecule has 0 N–H and O–H groups in total. The molecule has 0 bridgehead atoms. The van der Waals surface area contributed by atoms with Gasteiger partial charge in [-0.1, -0.05) is 24.3 Å². The molecule has 15 heavy (non-hydrogen) atoms. The van der Waals surface area contributed by atoms with E-state index in [4.69, 9.17) is 0 Å². The van der Waals surface area contributed by atoms with Gasteiger partial charge in [-0.05, 0) is 13.5 Å². The maximum absolute atomic E-state index is 14.5. The Balaban J connectivity index is 2.40. The topological polar surface area (TPSA) is 20.3 Å². The molecule has 2 rings (SSSR count). The van der Waals surface area contributed by atoms with Gasteiger partial charge in [0.25, 0.3) is 0 Å². The van der Waals surface area contributed by atoms with Crippen molar-refractivity contribution < 1.29 is 9.18 Å². The molecule has 1 aliphatic rings. The third-order valence-electron chi connectivity index (χ3n) is 2.98. The fourth-order valence-corrected chi connectivity index (χ4v) is 2.18. The standard InChI is InChI=1S/C12H14FNO/c1-14-7-6-12(13,9-14)11-5-3-2-4-10(11)8-15/h2-5,8H,6-7,9H2,1H3. The zero-order valence-electron chi connectivity index (χ0n) is 8.74. The number of benzene rings is 1. The van der Waals surface area contributed by atoms with Crippen molar-refractivity contribution >= 4 is 6.29 Å². The lowest BCUT2D eigenvalue weighted by Crippen LogP contribution is -2.25. The van der Waals surface area contributed by atoms with Crippen molar-refractivity contribution in [1.82, 2.24) is 4.90 Å². The predicted octanol–water partition coefficient (Wildman–Crippen LogP) is 2.00. The number of alkyl halides is 1. The van der Waals surface area contributed by atoms with Crippen molar-refractivity contribution in [2.24, 2.45) is 0 Å². The molecular formula is C12H14FNO. The normalized spacial score (nSPS) is 26.8. The SMILES string of the molecule is CN1CCC(F)(c2ccccc2C=O)C1. The summed E-state index contributed by atoms with van der Waals surface area (Å²) in [6.07, 6.45) is 1.20. The lowest BCUT2D eigenvalue weighted by atomic mass is 9.91. The van der Waals surface area contributed by atoms with E-state index < -0.39 is 5.67 Å². The fourth-order valence-electron chi connectivity index (χ4n) is 2.18. The first-order chi connectivity index (χ1) is 7.15. The van der Waals surface area contributed by atoms with Crippen LogP contribution >= 0.6 is 0 Å². The van der Waals surface area contributed by atoms with Crippen LogP contribution in [0.1, 0.15) is 22.3 Å². The highest BCUT2D eigenvalue weighted by Gasteiger charge is 2.39. The molecule has 0 radical (unpaired) electrons. The van der Waals surface area contributed by atoms with Gasteiger partial charge in [0.15, 0.2) is 5.67 Å². The molecule has 0 saturated carbocycles. The Morgan fingerprint density at radius 1 is 1.47 bits per heavy atom. The van der Waals surface area contributed by atoms with Crippen LogP contribution in [0.25, 0.3) is 0 Å². The van der Waals surface area contributed by atoms with Gasteiger partial charge in [-0.2, -0.15) is 0 Å². The Labute approximate surface area is 88.7 Å². The van der Waals surface area contributed by atoms with E-state index in [1.54, 1.807) is 24.3 Å². The molecule has 2 nitrogen and oxygen atoms in total. The second-order valence-electron chi connectivity index (χ2n) is 4.16. The first-order valence-corrected chi connectivity index (χ1v) is 5.08. The molecule has 0 aliphatic carbocycles. The summed E-state index contributed by atoms with van der Waals surface area (Å²) in [4.78, 5) is 12.8. The number of hydrogen-bond donors (Lipinski definition) is 0. The molecule has 0 spiro atoms. The van der Waals surface area contributed by atoms with E-state index >= 15 is 0 Å². The number of rotatable bonds is 2. The number of nitrogens with zero attached hydrogens (tertiary/aromatic N) is 1. The first kappa shape index (κ1) is 10.3. The molecule has 3 heteroatoms. The van der Waals surface area contributed by atoms with Crippen LogP contribution in [0.3, 0.4) is 0 Å². The van der Waals surface area contributed by atoms with Crippen molar-refractivity contribution in [2.75, 3.05) is 20.1 Å². The molecule has 1 saturated heterocycles. The van der Waals surface area contributed by atoms with Gasteiger partial charge in [-0.25, -0.2) is 4.39 Å². The van der Waals surface area contributed by atoms with Gasteiger partial charge >= 0.3 is 0 Å². The highest BCUT2D eigenvalue weighted by molar-refractivity contribution is 5.77. The Bertz CT molecular complexity index is 380. The second kappa shape index (κ2) is 3.74. The minimum atomic E-state index is -1.35. The summed E-state index contributed by atoms with van der Waals surface area (Å²) in [5.41, 5.74) is -0.355. The van der Waals surface area contributed by atoms with Crippen molar-refractivity contribution in [1.29, 1.82) is 0 Å². The highest BCUT2D eigenvalue weighted by atomic mass is 19.1. The van der Waals surface area contributed by atoms with E-state index in [1.165, 1.54) is 0 Å². The average Bonchev–Trinajstić information content (AvgIpc) is 2.60. The van der Waals surface area contributed by atoms with Crippen molar-refractivity contribution in [2.45, 2.75) is 12.1 Å². The van der Waals surface area contributed by atoms with E-state index in [2.05, 4.69) is 0 Å². The summed E-state index contributed by atoms with van der Waals surface area (Å²) in [6, 6.07) is 6.92. The van der Waals surface area contributed by atoms with Gasteiger partial charge in [0, 0.05) is 24.2 Å². The highest BCUT2D eigenvalue weighted by Crippen LogP contribution is 2.36. The van der Waals surface area contributed by atoms with Crippen LogP contribution < -0.4 is 0 Å². The third-order valence-corrected chi connectivity index (χ3v) is 2.98. The zero-order chi connectivity index (χ0) is 10.9. The number of likely N-dealkylation sites (N-methyl/N-ethyl adjacent to an activating group) is 1. The number of likely N-dealkylation sites (tertiary alicyclic amines) is 1. The van der Waals surface area contributed by atoms with Crippen LogP contribution in [0.5, 0.6) is 0 Å². The summed E-state index contributed by atoms with van der Waals surface area (Å²) in [5, 5.41) is 0. The monoisotopic (exact) mass is 207 g/mol. The Morgan fingerprint density at radius 3 is 2.80 bits per heavy atom. The van der Waals surface area contributed by atoms with Gasteiger partial charge in [-0.3, -0.25) is 4.79 Å². The number of halogens is 1. The van der Waals surface area contributed by atoms with Crippen molar-refractivity contribution in [3.63, 3.8) is 0 Å². The smallest absolute Gasteiger partial charge is 0.150 e. The van der Waals surface area contributed by atoms with Crippen LogP contribution in [-0.4, -0.2) is 31.3 Å². The largest absolute Gasteiger partial charge is 0.303 e. The van der Waals surface area contributed by atoms with Gasteiger partial charge in [-0.15, -0.1) is 0 Å². The molecule has 1 aliphatic heterocycles. The second-order valence-corrected chi connectivity index (χ2v) is 4.16. The molecule has 80 valence electrons. The van der Waals surface area contributed by atoms with Gasteiger partial charge in [0.1, 0.15) is 6.29 Å². The lowest BCUT2D eigenvalue weighted by molar-refractivity contribution is 0.111. The van der Waals surface area contributed by atoms with Gasteiger partial charge in [0.2, 0.25) is 0 Å². The first-order valence-electron chi connectivity index (χ1n) is 5.08. The van der Waals surface area contributed by atoms with E-state index in [-0.39, 0.29) is 0 Å². The molecular weight excluding hydrogens is 193 g/mol. The average molecular weight is 207 g/mol. The molecule has 1 fully saturated rings. The van der Waals surface area contributed by atoms with E-state index in [0.717, 1.165) is 12.8 Å². The molecule has 0 aromatic heterocycles. The minimum absolute atomic E-state index is 0.373.